The normalized spacial score (nSPS) is 10.5. The topological polar surface area (TPSA) is 59.8 Å². The van der Waals surface area contributed by atoms with Gasteiger partial charge in [-0.25, -0.2) is 0 Å². The van der Waals surface area contributed by atoms with Crippen LogP contribution in [0.4, 0.5) is 0 Å². The van der Waals surface area contributed by atoms with Gasteiger partial charge in [-0.15, -0.1) is 0 Å². The number of rotatable bonds is 4. The minimum atomic E-state index is -0.0582. The van der Waals surface area contributed by atoms with Gasteiger partial charge in [0.1, 0.15) is 0 Å². The van der Waals surface area contributed by atoms with E-state index in [4.69, 9.17) is 0 Å². The lowest BCUT2D eigenvalue weighted by Crippen LogP contribution is -2.26. The molecule has 2 aromatic rings. The Balaban J connectivity index is 1.95. The van der Waals surface area contributed by atoms with Crippen LogP contribution >= 0.6 is 0 Å². The summed E-state index contributed by atoms with van der Waals surface area (Å²) >= 11 is 0. The lowest BCUT2D eigenvalue weighted by atomic mass is 10.1. The summed E-state index contributed by atoms with van der Waals surface area (Å²) in [6.07, 6.45) is 4.31. The summed E-state index contributed by atoms with van der Waals surface area (Å²) in [6.45, 7) is 4.36. The fourth-order valence-corrected chi connectivity index (χ4v) is 2.06. The highest BCUT2D eigenvalue weighted by Crippen LogP contribution is 2.11. The quantitative estimate of drug-likeness (QED) is 0.902. The second-order valence-corrected chi connectivity index (χ2v) is 4.53. The van der Waals surface area contributed by atoms with Crippen LogP contribution in [0.25, 0.3) is 0 Å². The van der Waals surface area contributed by atoms with E-state index < -0.39 is 0 Å². The second kappa shape index (κ2) is 5.65. The molecule has 5 nitrogen and oxygen atoms in total. The number of amides is 1. The van der Waals surface area contributed by atoms with Crippen molar-refractivity contribution in [2.24, 2.45) is 7.05 Å². The lowest BCUT2D eigenvalue weighted by molar-refractivity contribution is 0.0953. The molecule has 19 heavy (non-hydrogen) atoms. The molecule has 0 aromatic carbocycles. The first-order chi connectivity index (χ1) is 9.09. The van der Waals surface area contributed by atoms with E-state index in [0.717, 1.165) is 23.4 Å². The predicted molar refractivity (Wildman–Crippen MR) is 73.0 cm³/mol. The second-order valence-electron chi connectivity index (χ2n) is 4.53. The molecule has 0 aliphatic heterocycles. The summed E-state index contributed by atoms with van der Waals surface area (Å²) < 4.78 is 1.73. The maximum absolute atomic E-state index is 12.1. The highest BCUT2D eigenvalue weighted by atomic mass is 16.1. The zero-order chi connectivity index (χ0) is 13.8. The Kier molecular flexibility index (Phi) is 3.94. The Bertz CT molecular complexity index is 575. The van der Waals surface area contributed by atoms with Crippen LogP contribution in [0.3, 0.4) is 0 Å². The molecule has 0 saturated heterocycles. The maximum Gasteiger partial charge on any atom is 0.255 e. The summed E-state index contributed by atoms with van der Waals surface area (Å²) in [4.78, 5) is 16.1. The summed E-state index contributed by atoms with van der Waals surface area (Å²) in [5.41, 5.74) is 3.49. The molecule has 2 rings (SSSR count). The molecule has 0 fully saturated rings. The van der Waals surface area contributed by atoms with Gasteiger partial charge in [0.25, 0.3) is 5.91 Å². The van der Waals surface area contributed by atoms with Crippen LogP contribution in [0.15, 0.2) is 24.5 Å². The molecule has 0 bridgehead atoms. The summed E-state index contributed by atoms with van der Waals surface area (Å²) in [5, 5.41) is 7.18. The number of nitrogens with zero attached hydrogens (tertiary/aromatic N) is 3. The molecule has 0 atom stereocenters. The molecule has 0 aliphatic carbocycles. The van der Waals surface area contributed by atoms with Gasteiger partial charge in [0.15, 0.2) is 0 Å². The molecular weight excluding hydrogens is 240 g/mol. The first-order valence-corrected chi connectivity index (χ1v) is 6.27. The van der Waals surface area contributed by atoms with Gasteiger partial charge in [-0.1, -0.05) is 0 Å². The highest BCUT2D eigenvalue weighted by Gasteiger charge is 2.16. The third-order valence-corrected chi connectivity index (χ3v) is 3.18. The zero-order valence-corrected chi connectivity index (χ0v) is 11.5. The first-order valence-electron chi connectivity index (χ1n) is 6.27. The molecule has 2 aromatic heterocycles. The number of hydrogen-bond donors (Lipinski definition) is 1. The lowest BCUT2D eigenvalue weighted by Gasteiger charge is -2.05. The summed E-state index contributed by atoms with van der Waals surface area (Å²) in [7, 11) is 1.84. The van der Waals surface area contributed by atoms with E-state index >= 15 is 0 Å². The Morgan fingerprint density at radius 1 is 1.32 bits per heavy atom. The van der Waals surface area contributed by atoms with E-state index in [0.29, 0.717) is 12.1 Å². The van der Waals surface area contributed by atoms with Gasteiger partial charge in [-0.3, -0.25) is 14.5 Å². The number of aromatic nitrogens is 3. The molecule has 1 N–H and O–H groups in total. The molecule has 0 radical (unpaired) electrons. The number of carbonyl (C=O) groups excluding carboxylic acids is 1. The SMILES string of the molecule is Cc1nn(C)c(C)c1C(=O)NCCc1ccncc1. The molecule has 0 saturated carbocycles. The van der Waals surface area contributed by atoms with Crippen molar-refractivity contribution in [1.82, 2.24) is 20.1 Å². The van der Waals surface area contributed by atoms with Gasteiger partial charge in [-0.2, -0.15) is 5.10 Å². The van der Waals surface area contributed by atoms with E-state index in [1.807, 2.05) is 33.0 Å². The molecular formula is C14H18N4O. The van der Waals surface area contributed by atoms with Crippen LogP contribution in [-0.2, 0) is 13.5 Å². The van der Waals surface area contributed by atoms with Crippen molar-refractivity contribution >= 4 is 5.91 Å². The van der Waals surface area contributed by atoms with Crippen molar-refractivity contribution in [3.8, 4) is 0 Å². The van der Waals surface area contributed by atoms with E-state index in [1.54, 1.807) is 17.1 Å². The van der Waals surface area contributed by atoms with Crippen LogP contribution in [0.5, 0.6) is 0 Å². The minimum absolute atomic E-state index is 0.0582. The molecule has 0 aliphatic rings. The Hall–Kier alpha value is -2.17. The number of carbonyl (C=O) groups is 1. The van der Waals surface area contributed by atoms with E-state index in [-0.39, 0.29) is 5.91 Å². The Morgan fingerprint density at radius 3 is 2.58 bits per heavy atom. The third-order valence-electron chi connectivity index (χ3n) is 3.18. The number of nitrogens with one attached hydrogen (secondary N) is 1. The van der Waals surface area contributed by atoms with Crippen LogP contribution in [0.1, 0.15) is 27.3 Å². The Morgan fingerprint density at radius 2 is 2.00 bits per heavy atom. The van der Waals surface area contributed by atoms with Crippen LogP contribution in [0.2, 0.25) is 0 Å². The van der Waals surface area contributed by atoms with Crippen LogP contribution in [-0.4, -0.2) is 27.2 Å². The van der Waals surface area contributed by atoms with Gasteiger partial charge in [0, 0.05) is 31.7 Å². The van der Waals surface area contributed by atoms with E-state index in [2.05, 4.69) is 15.4 Å². The molecule has 0 spiro atoms. The fraction of sp³-hybridized carbons (Fsp3) is 0.357. The van der Waals surface area contributed by atoms with Crippen molar-refractivity contribution in [1.29, 1.82) is 0 Å². The molecule has 100 valence electrons. The third kappa shape index (κ3) is 2.99. The molecule has 2 heterocycles. The van der Waals surface area contributed by atoms with Crippen molar-refractivity contribution in [3.05, 3.63) is 47.0 Å². The van der Waals surface area contributed by atoms with Crippen molar-refractivity contribution in [3.63, 3.8) is 0 Å². The van der Waals surface area contributed by atoms with Gasteiger partial charge in [0.05, 0.1) is 11.3 Å². The summed E-state index contributed by atoms with van der Waals surface area (Å²) in [5.74, 6) is -0.0582. The monoisotopic (exact) mass is 258 g/mol. The number of aryl methyl sites for hydroxylation is 2. The predicted octanol–water partition coefficient (Wildman–Crippen LogP) is 1.40. The smallest absolute Gasteiger partial charge is 0.255 e. The standard InChI is InChI=1S/C14H18N4O/c1-10-13(11(2)18(3)17-10)14(19)16-9-6-12-4-7-15-8-5-12/h4-5,7-8H,6,9H2,1-3H3,(H,16,19). The van der Waals surface area contributed by atoms with Gasteiger partial charge in [-0.05, 0) is 38.0 Å². The average molecular weight is 258 g/mol. The first kappa shape index (κ1) is 13.3. The molecule has 5 heteroatoms. The number of pyridine rings is 1. The Labute approximate surface area is 112 Å². The molecule has 0 unspecified atom stereocenters. The average Bonchev–Trinajstić information content (AvgIpc) is 2.64. The zero-order valence-electron chi connectivity index (χ0n) is 11.5. The van der Waals surface area contributed by atoms with Crippen molar-refractivity contribution in [2.75, 3.05) is 6.54 Å². The maximum atomic E-state index is 12.1. The molecule has 1 amide bonds. The minimum Gasteiger partial charge on any atom is -0.352 e. The fourth-order valence-electron chi connectivity index (χ4n) is 2.06. The van der Waals surface area contributed by atoms with Crippen molar-refractivity contribution < 1.29 is 4.79 Å². The van der Waals surface area contributed by atoms with Crippen LogP contribution < -0.4 is 5.32 Å². The van der Waals surface area contributed by atoms with Gasteiger partial charge < -0.3 is 5.32 Å². The van der Waals surface area contributed by atoms with E-state index in [9.17, 15) is 4.79 Å². The van der Waals surface area contributed by atoms with Crippen molar-refractivity contribution in [2.45, 2.75) is 20.3 Å². The number of hydrogen-bond acceptors (Lipinski definition) is 3. The van der Waals surface area contributed by atoms with Gasteiger partial charge >= 0.3 is 0 Å². The van der Waals surface area contributed by atoms with Crippen LogP contribution in [0, 0.1) is 13.8 Å². The van der Waals surface area contributed by atoms with Gasteiger partial charge in [0.2, 0.25) is 0 Å². The summed E-state index contributed by atoms with van der Waals surface area (Å²) in [6, 6.07) is 3.90. The van der Waals surface area contributed by atoms with E-state index in [1.165, 1.54) is 0 Å². The highest BCUT2D eigenvalue weighted by molar-refractivity contribution is 5.96. The largest absolute Gasteiger partial charge is 0.352 e.